The topological polar surface area (TPSA) is 82.7 Å². The van der Waals surface area contributed by atoms with Gasteiger partial charge in [-0.05, 0) is 30.3 Å². The van der Waals surface area contributed by atoms with Gasteiger partial charge in [-0.3, -0.25) is 4.79 Å². The minimum atomic E-state index is -0.167. The minimum Gasteiger partial charge on any atom is -0.399 e. The van der Waals surface area contributed by atoms with Crippen LogP contribution in [-0.4, -0.2) is 10.8 Å². The summed E-state index contributed by atoms with van der Waals surface area (Å²) in [5.41, 5.74) is 8.40. The average Bonchev–Trinajstić information content (AvgIpc) is 2.88. The molecule has 0 radical (unpaired) electrons. The van der Waals surface area contributed by atoms with E-state index in [2.05, 4.69) is 11.1 Å². The van der Waals surface area contributed by atoms with Crippen molar-refractivity contribution in [1.82, 2.24) is 4.98 Å². The van der Waals surface area contributed by atoms with Crippen LogP contribution >= 0.6 is 11.6 Å². The summed E-state index contributed by atoms with van der Waals surface area (Å²) in [7, 11) is 0. The first-order chi connectivity index (χ1) is 10.1. The number of nitrogens with zero attached hydrogens (tertiary/aromatic N) is 1. The molecule has 0 saturated carbocycles. The number of halogens is 1. The van der Waals surface area contributed by atoms with Crippen LogP contribution in [0.25, 0.3) is 10.9 Å². The monoisotopic (exact) mass is 295 g/mol. The van der Waals surface area contributed by atoms with E-state index in [1.165, 1.54) is 0 Å². The second kappa shape index (κ2) is 4.97. The number of aromatic amines is 1. The summed E-state index contributed by atoms with van der Waals surface area (Å²) in [6.07, 6.45) is 1.63. The summed E-state index contributed by atoms with van der Waals surface area (Å²) in [5, 5.41) is 10.1. The molecule has 5 heteroatoms. The molecule has 1 aromatic heterocycles. The van der Waals surface area contributed by atoms with Crippen LogP contribution in [0.1, 0.15) is 21.5 Å². The van der Waals surface area contributed by atoms with Crippen LogP contribution in [-0.2, 0) is 0 Å². The van der Waals surface area contributed by atoms with Crippen LogP contribution in [0.4, 0.5) is 5.69 Å². The predicted molar refractivity (Wildman–Crippen MR) is 82.3 cm³/mol. The number of H-pyrrole nitrogens is 1. The molecule has 102 valence electrons. The van der Waals surface area contributed by atoms with Crippen molar-refractivity contribution in [2.24, 2.45) is 0 Å². The Kier molecular flexibility index (Phi) is 3.13. The van der Waals surface area contributed by atoms with Crippen molar-refractivity contribution in [2.75, 3.05) is 5.73 Å². The second-order valence-corrected chi connectivity index (χ2v) is 5.11. The number of carbonyl (C=O) groups is 1. The Balaban J connectivity index is 2.12. The van der Waals surface area contributed by atoms with Gasteiger partial charge in [0.05, 0.1) is 11.6 Å². The highest BCUT2D eigenvalue weighted by Gasteiger charge is 2.15. The third kappa shape index (κ3) is 2.35. The van der Waals surface area contributed by atoms with E-state index in [9.17, 15) is 4.79 Å². The van der Waals surface area contributed by atoms with Crippen molar-refractivity contribution < 1.29 is 4.79 Å². The molecule has 0 aliphatic heterocycles. The van der Waals surface area contributed by atoms with E-state index in [1.807, 2.05) is 0 Å². The maximum absolute atomic E-state index is 12.6. The highest BCUT2D eigenvalue weighted by Crippen LogP contribution is 2.24. The molecule has 3 rings (SSSR count). The fourth-order valence-corrected chi connectivity index (χ4v) is 2.53. The number of nitrogen functional groups attached to an aromatic ring is 1. The van der Waals surface area contributed by atoms with Crippen LogP contribution in [0.15, 0.2) is 42.6 Å². The fraction of sp³-hybridized carbons (Fsp3) is 0. The van der Waals surface area contributed by atoms with Crippen molar-refractivity contribution >= 4 is 34.0 Å². The van der Waals surface area contributed by atoms with Crippen molar-refractivity contribution in [3.05, 3.63) is 64.3 Å². The average molecular weight is 296 g/mol. The third-order valence-corrected chi connectivity index (χ3v) is 3.46. The summed E-state index contributed by atoms with van der Waals surface area (Å²) in [6, 6.07) is 12.0. The Morgan fingerprint density at radius 3 is 2.76 bits per heavy atom. The Morgan fingerprint density at radius 2 is 2.05 bits per heavy atom. The first-order valence-corrected chi connectivity index (χ1v) is 6.58. The number of nitriles is 1. The van der Waals surface area contributed by atoms with Crippen molar-refractivity contribution in [3.8, 4) is 6.07 Å². The zero-order valence-corrected chi connectivity index (χ0v) is 11.6. The Labute approximate surface area is 125 Å². The second-order valence-electron chi connectivity index (χ2n) is 4.68. The summed E-state index contributed by atoms with van der Waals surface area (Å²) in [5.74, 6) is -0.167. The van der Waals surface area contributed by atoms with Gasteiger partial charge in [0.25, 0.3) is 0 Å². The first kappa shape index (κ1) is 13.2. The van der Waals surface area contributed by atoms with E-state index in [-0.39, 0.29) is 5.78 Å². The fourth-order valence-electron chi connectivity index (χ4n) is 2.28. The summed E-state index contributed by atoms with van der Waals surface area (Å²) < 4.78 is 0. The van der Waals surface area contributed by atoms with Gasteiger partial charge in [-0.25, -0.2) is 0 Å². The zero-order chi connectivity index (χ0) is 15.0. The maximum Gasteiger partial charge on any atom is 0.195 e. The van der Waals surface area contributed by atoms with Gasteiger partial charge in [-0.1, -0.05) is 17.7 Å². The minimum absolute atomic E-state index is 0.167. The van der Waals surface area contributed by atoms with Gasteiger partial charge in [-0.15, -0.1) is 0 Å². The van der Waals surface area contributed by atoms with Gasteiger partial charge >= 0.3 is 0 Å². The summed E-state index contributed by atoms with van der Waals surface area (Å²) in [6.45, 7) is 0. The van der Waals surface area contributed by atoms with Crippen molar-refractivity contribution in [3.63, 3.8) is 0 Å². The molecule has 0 amide bonds. The van der Waals surface area contributed by atoms with Gasteiger partial charge in [0.15, 0.2) is 5.78 Å². The van der Waals surface area contributed by atoms with Gasteiger partial charge in [0, 0.05) is 38.9 Å². The van der Waals surface area contributed by atoms with Crippen molar-refractivity contribution in [2.45, 2.75) is 0 Å². The van der Waals surface area contributed by atoms with E-state index in [0.29, 0.717) is 27.4 Å². The lowest BCUT2D eigenvalue weighted by Gasteiger charge is -2.03. The summed E-state index contributed by atoms with van der Waals surface area (Å²) in [4.78, 5) is 15.6. The molecule has 4 nitrogen and oxygen atoms in total. The SMILES string of the molecule is N#Cc1ccc2c(C(=O)c3cc(N)cc(Cl)c3)c[nH]c2c1. The number of carbonyl (C=O) groups excluding carboxylic acids is 1. The Morgan fingerprint density at radius 1 is 1.24 bits per heavy atom. The zero-order valence-electron chi connectivity index (χ0n) is 10.9. The standard InChI is InChI=1S/C16H10ClN3O/c17-11-4-10(5-12(19)6-11)16(21)14-8-20-15-3-9(7-18)1-2-13(14)15/h1-6,8,20H,19H2. The van der Waals surface area contributed by atoms with Gasteiger partial charge in [0.1, 0.15) is 0 Å². The van der Waals surface area contributed by atoms with E-state index in [0.717, 1.165) is 10.9 Å². The molecule has 21 heavy (non-hydrogen) atoms. The molecule has 3 aromatic rings. The highest BCUT2D eigenvalue weighted by molar-refractivity contribution is 6.31. The van der Waals surface area contributed by atoms with E-state index in [1.54, 1.807) is 42.6 Å². The molecule has 0 fully saturated rings. The van der Waals surface area contributed by atoms with Crippen LogP contribution < -0.4 is 5.73 Å². The number of hydrogen-bond acceptors (Lipinski definition) is 3. The van der Waals surface area contributed by atoms with Gasteiger partial charge in [0.2, 0.25) is 0 Å². The number of nitrogens with two attached hydrogens (primary N) is 1. The molecule has 0 atom stereocenters. The Bertz CT molecular complexity index is 885. The number of ketones is 1. The largest absolute Gasteiger partial charge is 0.399 e. The Hall–Kier alpha value is -2.77. The number of nitrogens with one attached hydrogen (secondary N) is 1. The number of hydrogen-bond donors (Lipinski definition) is 2. The van der Waals surface area contributed by atoms with E-state index in [4.69, 9.17) is 22.6 Å². The molecule has 0 unspecified atom stereocenters. The predicted octanol–water partition coefficient (Wildman–Crippen LogP) is 3.51. The van der Waals surface area contributed by atoms with Crippen molar-refractivity contribution in [1.29, 1.82) is 5.26 Å². The number of fused-ring (bicyclic) bond motifs is 1. The van der Waals surface area contributed by atoms with Crippen LogP contribution in [0.5, 0.6) is 0 Å². The van der Waals surface area contributed by atoms with Crippen LogP contribution in [0.2, 0.25) is 5.02 Å². The number of benzene rings is 2. The molecule has 1 heterocycles. The molecule has 0 aliphatic carbocycles. The molecule has 0 spiro atoms. The molecular formula is C16H10ClN3O. The first-order valence-electron chi connectivity index (χ1n) is 6.20. The molecule has 2 aromatic carbocycles. The van der Waals surface area contributed by atoms with E-state index < -0.39 is 0 Å². The lowest BCUT2D eigenvalue weighted by Crippen LogP contribution is -2.01. The van der Waals surface area contributed by atoms with Gasteiger partial charge in [-0.2, -0.15) is 5.26 Å². The highest BCUT2D eigenvalue weighted by atomic mass is 35.5. The molecule has 0 aliphatic rings. The number of anilines is 1. The quantitative estimate of drug-likeness (QED) is 0.560. The smallest absolute Gasteiger partial charge is 0.195 e. The molecule has 0 saturated heterocycles. The third-order valence-electron chi connectivity index (χ3n) is 3.24. The number of rotatable bonds is 2. The van der Waals surface area contributed by atoms with Crippen LogP contribution in [0.3, 0.4) is 0 Å². The van der Waals surface area contributed by atoms with Crippen LogP contribution in [0, 0.1) is 11.3 Å². The molecule has 0 bridgehead atoms. The lowest BCUT2D eigenvalue weighted by atomic mass is 10.0. The van der Waals surface area contributed by atoms with Gasteiger partial charge < -0.3 is 10.7 Å². The normalized spacial score (nSPS) is 10.5. The lowest BCUT2D eigenvalue weighted by molar-refractivity contribution is 0.104. The molecule has 3 N–H and O–H groups in total. The maximum atomic E-state index is 12.6. The molecular weight excluding hydrogens is 286 g/mol. The summed E-state index contributed by atoms with van der Waals surface area (Å²) >= 11 is 5.94. The number of aromatic nitrogens is 1. The van der Waals surface area contributed by atoms with E-state index >= 15 is 0 Å².